The summed E-state index contributed by atoms with van der Waals surface area (Å²) in [5.41, 5.74) is -0.675. The van der Waals surface area contributed by atoms with Crippen molar-refractivity contribution in [3.63, 3.8) is 0 Å². The van der Waals surface area contributed by atoms with Crippen LogP contribution in [0.15, 0.2) is 4.99 Å². The maximum Gasteiger partial charge on any atom is 0.191 e. The molecule has 0 amide bonds. The summed E-state index contributed by atoms with van der Waals surface area (Å²) < 4.78 is 5.29. The van der Waals surface area contributed by atoms with E-state index >= 15 is 0 Å². The molecule has 0 aromatic rings. The monoisotopic (exact) mass is 287 g/mol. The molecule has 0 fully saturated rings. The van der Waals surface area contributed by atoms with Crippen molar-refractivity contribution < 1.29 is 9.84 Å². The minimum absolute atomic E-state index is 0.443. The Morgan fingerprint density at radius 3 is 2.25 bits per heavy atom. The molecule has 120 valence electrons. The maximum absolute atomic E-state index is 10.6. The average Bonchev–Trinajstić information content (AvgIpc) is 2.41. The maximum atomic E-state index is 10.6. The number of hydrogen-bond acceptors (Lipinski definition) is 3. The second-order valence-electron chi connectivity index (χ2n) is 5.04. The Balaban J connectivity index is 4.40. The molecule has 5 nitrogen and oxygen atoms in total. The van der Waals surface area contributed by atoms with Crippen LogP contribution in [0.5, 0.6) is 0 Å². The molecular weight excluding hydrogens is 254 g/mol. The molecule has 0 atom stereocenters. The second kappa shape index (κ2) is 12.0. The normalized spacial score (nSPS) is 12.6. The molecule has 20 heavy (non-hydrogen) atoms. The predicted molar refractivity (Wildman–Crippen MR) is 85.2 cm³/mol. The number of nitrogens with one attached hydrogen (secondary N) is 2. The highest BCUT2D eigenvalue weighted by Gasteiger charge is 2.24. The van der Waals surface area contributed by atoms with Crippen LogP contribution < -0.4 is 10.6 Å². The third-order valence-corrected chi connectivity index (χ3v) is 3.05. The van der Waals surface area contributed by atoms with Gasteiger partial charge in [-0.25, -0.2) is 0 Å². The highest BCUT2D eigenvalue weighted by Crippen LogP contribution is 2.19. The van der Waals surface area contributed by atoms with Crippen LogP contribution in [-0.4, -0.2) is 49.5 Å². The average molecular weight is 287 g/mol. The fourth-order valence-electron chi connectivity index (χ4n) is 2.17. The molecule has 0 rings (SSSR count). The molecule has 0 saturated heterocycles. The quantitative estimate of drug-likeness (QED) is 0.308. The molecule has 0 bridgehead atoms. The Morgan fingerprint density at radius 1 is 1.10 bits per heavy atom. The van der Waals surface area contributed by atoms with Crippen LogP contribution in [0.4, 0.5) is 0 Å². The minimum atomic E-state index is -0.675. The van der Waals surface area contributed by atoms with E-state index in [0.717, 1.165) is 51.3 Å². The van der Waals surface area contributed by atoms with Crippen LogP contribution in [0, 0.1) is 0 Å². The van der Waals surface area contributed by atoms with Crippen molar-refractivity contribution >= 4 is 5.96 Å². The molecule has 0 aliphatic carbocycles. The van der Waals surface area contributed by atoms with E-state index in [2.05, 4.69) is 29.5 Å². The van der Waals surface area contributed by atoms with E-state index in [1.54, 1.807) is 0 Å². The molecule has 0 unspecified atom stereocenters. The lowest BCUT2D eigenvalue weighted by atomic mass is 9.93. The lowest BCUT2D eigenvalue weighted by Crippen LogP contribution is -2.41. The van der Waals surface area contributed by atoms with Gasteiger partial charge in [-0.1, -0.05) is 26.7 Å². The van der Waals surface area contributed by atoms with E-state index < -0.39 is 5.60 Å². The van der Waals surface area contributed by atoms with Crippen LogP contribution in [0.25, 0.3) is 0 Å². The third-order valence-electron chi connectivity index (χ3n) is 3.05. The summed E-state index contributed by atoms with van der Waals surface area (Å²) in [7, 11) is 0. The Hall–Kier alpha value is -0.810. The SMILES string of the molecule is CCCC(O)(CCC)CN=C(NCC)NCCOCC. The highest BCUT2D eigenvalue weighted by molar-refractivity contribution is 5.79. The van der Waals surface area contributed by atoms with Gasteiger partial charge in [-0.05, 0) is 26.7 Å². The van der Waals surface area contributed by atoms with Crippen LogP contribution in [0.1, 0.15) is 53.4 Å². The standard InChI is InChI=1S/C15H33N3O2/c1-5-9-15(19,10-6-2)13-18-14(16-7-3)17-11-12-20-8-4/h19H,5-13H2,1-4H3,(H2,16,17,18). The van der Waals surface area contributed by atoms with Crippen molar-refractivity contribution in [1.82, 2.24) is 10.6 Å². The zero-order valence-corrected chi connectivity index (χ0v) is 13.7. The Kier molecular flexibility index (Phi) is 11.5. The van der Waals surface area contributed by atoms with Gasteiger partial charge in [0.2, 0.25) is 0 Å². The van der Waals surface area contributed by atoms with Crippen molar-refractivity contribution in [3.8, 4) is 0 Å². The molecule has 0 spiro atoms. The van der Waals surface area contributed by atoms with Crippen LogP contribution in [-0.2, 0) is 4.74 Å². The lowest BCUT2D eigenvalue weighted by molar-refractivity contribution is 0.0306. The van der Waals surface area contributed by atoms with Crippen molar-refractivity contribution in [2.45, 2.75) is 59.0 Å². The van der Waals surface area contributed by atoms with Gasteiger partial charge < -0.3 is 20.5 Å². The number of hydrogen-bond donors (Lipinski definition) is 3. The molecule has 0 heterocycles. The van der Waals surface area contributed by atoms with Gasteiger partial charge in [0.1, 0.15) is 0 Å². The van der Waals surface area contributed by atoms with E-state index in [4.69, 9.17) is 4.74 Å². The third kappa shape index (κ3) is 9.15. The number of rotatable bonds is 11. The fraction of sp³-hybridized carbons (Fsp3) is 0.933. The number of aliphatic imine (C=N–C) groups is 1. The topological polar surface area (TPSA) is 65.9 Å². The summed E-state index contributed by atoms with van der Waals surface area (Å²) in [4.78, 5) is 4.51. The molecule has 3 N–H and O–H groups in total. The molecule has 0 aliphatic rings. The van der Waals surface area contributed by atoms with Gasteiger partial charge in [0, 0.05) is 19.7 Å². The molecule has 5 heteroatoms. The summed E-state index contributed by atoms with van der Waals surface area (Å²) in [6, 6.07) is 0. The number of ether oxygens (including phenoxy) is 1. The molecule has 0 saturated carbocycles. The zero-order chi connectivity index (χ0) is 15.3. The predicted octanol–water partition coefficient (Wildman–Crippen LogP) is 1.91. The largest absolute Gasteiger partial charge is 0.388 e. The van der Waals surface area contributed by atoms with E-state index in [0.29, 0.717) is 13.2 Å². The number of nitrogens with zero attached hydrogens (tertiary/aromatic N) is 1. The van der Waals surface area contributed by atoms with Gasteiger partial charge in [-0.3, -0.25) is 4.99 Å². The Bertz CT molecular complexity index is 252. The van der Waals surface area contributed by atoms with Gasteiger partial charge in [0.15, 0.2) is 5.96 Å². The first-order valence-corrected chi connectivity index (χ1v) is 7.94. The first-order chi connectivity index (χ1) is 9.61. The van der Waals surface area contributed by atoms with Gasteiger partial charge in [0.25, 0.3) is 0 Å². The van der Waals surface area contributed by atoms with Crippen molar-refractivity contribution in [2.24, 2.45) is 4.99 Å². The van der Waals surface area contributed by atoms with E-state index in [-0.39, 0.29) is 0 Å². The van der Waals surface area contributed by atoms with Crippen molar-refractivity contribution in [3.05, 3.63) is 0 Å². The lowest BCUT2D eigenvalue weighted by Gasteiger charge is -2.26. The Labute approximate surface area is 124 Å². The van der Waals surface area contributed by atoms with E-state index in [9.17, 15) is 5.11 Å². The number of aliphatic hydroxyl groups is 1. The second-order valence-corrected chi connectivity index (χ2v) is 5.04. The molecular formula is C15H33N3O2. The van der Waals surface area contributed by atoms with Gasteiger partial charge in [-0.2, -0.15) is 0 Å². The van der Waals surface area contributed by atoms with Crippen molar-refractivity contribution in [1.29, 1.82) is 0 Å². The molecule has 0 aromatic heterocycles. The van der Waals surface area contributed by atoms with Gasteiger partial charge in [-0.15, -0.1) is 0 Å². The van der Waals surface area contributed by atoms with E-state index in [1.165, 1.54) is 0 Å². The summed E-state index contributed by atoms with van der Waals surface area (Å²) >= 11 is 0. The minimum Gasteiger partial charge on any atom is -0.388 e. The van der Waals surface area contributed by atoms with Gasteiger partial charge in [0.05, 0.1) is 18.8 Å². The fourth-order valence-corrected chi connectivity index (χ4v) is 2.17. The highest BCUT2D eigenvalue weighted by atomic mass is 16.5. The number of guanidine groups is 1. The van der Waals surface area contributed by atoms with Crippen LogP contribution in [0.3, 0.4) is 0 Å². The molecule has 0 aromatic carbocycles. The van der Waals surface area contributed by atoms with Crippen LogP contribution in [0.2, 0.25) is 0 Å². The summed E-state index contributed by atoms with van der Waals surface area (Å²) in [6.45, 7) is 11.6. The first kappa shape index (κ1) is 19.2. The van der Waals surface area contributed by atoms with Crippen molar-refractivity contribution in [2.75, 3.05) is 32.8 Å². The van der Waals surface area contributed by atoms with E-state index in [1.807, 2.05) is 13.8 Å². The molecule has 0 radical (unpaired) electrons. The summed E-state index contributed by atoms with van der Waals surface area (Å²) in [6.07, 6.45) is 3.53. The summed E-state index contributed by atoms with van der Waals surface area (Å²) in [5, 5.41) is 17.0. The first-order valence-electron chi connectivity index (χ1n) is 7.94. The molecule has 0 aliphatic heterocycles. The zero-order valence-electron chi connectivity index (χ0n) is 13.7. The smallest absolute Gasteiger partial charge is 0.191 e. The summed E-state index contributed by atoms with van der Waals surface area (Å²) in [5.74, 6) is 0.748. The van der Waals surface area contributed by atoms with Gasteiger partial charge >= 0.3 is 0 Å². The Morgan fingerprint density at radius 2 is 1.75 bits per heavy atom. The van der Waals surface area contributed by atoms with Crippen LogP contribution >= 0.6 is 0 Å².